The van der Waals surface area contributed by atoms with Crippen LogP contribution in [0.3, 0.4) is 0 Å². The van der Waals surface area contributed by atoms with E-state index in [4.69, 9.17) is 16.3 Å². The Bertz CT molecular complexity index is 1160. The van der Waals surface area contributed by atoms with Gasteiger partial charge in [0, 0.05) is 25.1 Å². The number of hydrogen-bond donors (Lipinski definition) is 1. The van der Waals surface area contributed by atoms with Crippen LogP contribution in [0.2, 0.25) is 5.02 Å². The number of nitrogens with zero attached hydrogens (tertiary/aromatic N) is 1. The highest BCUT2D eigenvalue weighted by molar-refractivity contribution is 7.89. The predicted octanol–water partition coefficient (Wildman–Crippen LogP) is 5.57. The molecule has 8 heteroatoms. The first-order valence-electron chi connectivity index (χ1n) is 12.1. The van der Waals surface area contributed by atoms with Gasteiger partial charge in [-0.15, -0.1) is 0 Å². The standard InChI is InChI=1S/C26H33ClN2O4S/c1-4-26(5-2)17-23(20-8-6-7-9-24(20)33-26)28-25(30)21-16-19(10-11-22(21)27)34(31,32)29-14-12-18(3)13-15-29/h6-11,16,18,23H,4-5,12-15,17H2,1-3H3,(H,28,30)/t23-/m0/s1. The molecule has 0 aliphatic carbocycles. The Kier molecular flexibility index (Phi) is 7.27. The summed E-state index contributed by atoms with van der Waals surface area (Å²) in [6, 6.07) is 11.8. The molecule has 4 rings (SSSR count). The molecule has 0 radical (unpaired) electrons. The number of halogens is 1. The Morgan fingerprint density at radius 3 is 2.50 bits per heavy atom. The van der Waals surface area contributed by atoms with Gasteiger partial charge in [0.25, 0.3) is 5.91 Å². The number of rotatable bonds is 6. The number of carbonyl (C=O) groups excluding carboxylic acids is 1. The minimum atomic E-state index is -3.69. The maximum atomic E-state index is 13.4. The molecule has 1 N–H and O–H groups in total. The van der Waals surface area contributed by atoms with Gasteiger partial charge in [-0.05, 0) is 55.9 Å². The van der Waals surface area contributed by atoms with Crippen molar-refractivity contribution < 1.29 is 17.9 Å². The van der Waals surface area contributed by atoms with E-state index in [0.29, 0.717) is 25.4 Å². The van der Waals surface area contributed by atoms with Gasteiger partial charge in [-0.3, -0.25) is 4.79 Å². The summed E-state index contributed by atoms with van der Waals surface area (Å²) >= 11 is 6.38. The number of piperidine rings is 1. The van der Waals surface area contributed by atoms with Crippen LogP contribution in [0, 0.1) is 5.92 Å². The number of fused-ring (bicyclic) bond motifs is 1. The van der Waals surface area contributed by atoms with Crippen LogP contribution in [0.1, 0.15) is 74.8 Å². The highest BCUT2D eigenvalue weighted by atomic mass is 35.5. The van der Waals surface area contributed by atoms with Crippen molar-refractivity contribution in [2.75, 3.05) is 13.1 Å². The monoisotopic (exact) mass is 504 g/mol. The number of carbonyl (C=O) groups is 1. The second-order valence-electron chi connectivity index (χ2n) is 9.49. The molecule has 1 fully saturated rings. The molecule has 2 aliphatic heterocycles. The van der Waals surface area contributed by atoms with Crippen molar-refractivity contribution in [2.24, 2.45) is 5.92 Å². The Morgan fingerprint density at radius 2 is 1.82 bits per heavy atom. The second kappa shape index (κ2) is 9.88. The molecule has 1 amide bonds. The summed E-state index contributed by atoms with van der Waals surface area (Å²) in [5.74, 6) is 0.889. The van der Waals surface area contributed by atoms with Gasteiger partial charge in [0.1, 0.15) is 11.4 Å². The summed E-state index contributed by atoms with van der Waals surface area (Å²) < 4.78 is 34.3. The van der Waals surface area contributed by atoms with E-state index in [1.54, 1.807) is 0 Å². The van der Waals surface area contributed by atoms with Crippen molar-refractivity contribution in [1.82, 2.24) is 9.62 Å². The van der Waals surface area contributed by atoms with E-state index in [9.17, 15) is 13.2 Å². The highest BCUT2D eigenvalue weighted by Crippen LogP contribution is 2.42. The fraction of sp³-hybridized carbons (Fsp3) is 0.500. The van der Waals surface area contributed by atoms with Crippen molar-refractivity contribution in [3.8, 4) is 5.75 Å². The number of nitrogens with one attached hydrogen (secondary N) is 1. The van der Waals surface area contributed by atoms with E-state index in [1.807, 2.05) is 24.3 Å². The molecule has 2 heterocycles. The maximum absolute atomic E-state index is 13.4. The molecule has 0 unspecified atom stereocenters. The predicted molar refractivity (Wildman–Crippen MR) is 134 cm³/mol. The van der Waals surface area contributed by atoms with Crippen molar-refractivity contribution >= 4 is 27.5 Å². The van der Waals surface area contributed by atoms with Crippen molar-refractivity contribution in [1.29, 1.82) is 0 Å². The zero-order chi connectivity index (χ0) is 24.5. The van der Waals surface area contributed by atoms with E-state index < -0.39 is 15.9 Å². The molecule has 0 bridgehead atoms. The van der Waals surface area contributed by atoms with Crippen LogP contribution >= 0.6 is 11.6 Å². The Labute approximate surface area is 207 Å². The number of sulfonamides is 1. The first kappa shape index (κ1) is 25.0. The van der Waals surface area contributed by atoms with Gasteiger partial charge < -0.3 is 10.1 Å². The zero-order valence-electron chi connectivity index (χ0n) is 20.0. The Morgan fingerprint density at radius 1 is 1.15 bits per heavy atom. The summed E-state index contributed by atoms with van der Waals surface area (Å²) in [5.41, 5.74) is 0.707. The quantitative estimate of drug-likeness (QED) is 0.557. The third-order valence-electron chi connectivity index (χ3n) is 7.35. The van der Waals surface area contributed by atoms with Gasteiger partial charge in [0.15, 0.2) is 0 Å². The molecule has 0 saturated carbocycles. The van der Waals surface area contributed by atoms with Crippen LogP contribution in [-0.2, 0) is 10.0 Å². The van der Waals surface area contributed by atoms with Crippen LogP contribution in [0.4, 0.5) is 0 Å². The molecule has 2 aliphatic rings. The molecule has 2 aromatic rings. The summed E-state index contributed by atoms with van der Waals surface area (Å²) in [5, 5.41) is 3.33. The molecule has 1 saturated heterocycles. The van der Waals surface area contributed by atoms with Gasteiger partial charge in [0.05, 0.1) is 21.5 Å². The SMILES string of the molecule is CCC1(CC)C[C@H](NC(=O)c2cc(S(=O)(=O)N3CCC(C)CC3)ccc2Cl)c2ccccc2O1. The van der Waals surface area contributed by atoms with Gasteiger partial charge >= 0.3 is 0 Å². The van der Waals surface area contributed by atoms with Gasteiger partial charge in [-0.25, -0.2) is 8.42 Å². The van der Waals surface area contributed by atoms with Gasteiger partial charge in [-0.2, -0.15) is 4.31 Å². The number of amides is 1. The lowest BCUT2D eigenvalue weighted by atomic mass is 9.83. The third-order valence-corrected chi connectivity index (χ3v) is 9.58. The van der Waals surface area contributed by atoms with Crippen LogP contribution in [0.15, 0.2) is 47.4 Å². The maximum Gasteiger partial charge on any atom is 0.253 e. The lowest BCUT2D eigenvalue weighted by molar-refractivity contribution is 0.0227. The first-order chi connectivity index (χ1) is 16.2. The van der Waals surface area contributed by atoms with Crippen LogP contribution in [0.5, 0.6) is 5.75 Å². The molecule has 34 heavy (non-hydrogen) atoms. The fourth-order valence-electron chi connectivity index (χ4n) is 4.88. The minimum Gasteiger partial charge on any atom is -0.487 e. The van der Waals surface area contributed by atoms with Crippen molar-refractivity contribution in [3.05, 3.63) is 58.6 Å². The number of ether oxygens (including phenoxy) is 1. The Hall–Kier alpha value is -2.09. The lowest BCUT2D eigenvalue weighted by Gasteiger charge is -2.41. The summed E-state index contributed by atoms with van der Waals surface area (Å²) in [6.45, 7) is 7.28. The molecular weight excluding hydrogens is 472 g/mol. The largest absolute Gasteiger partial charge is 0.487 e. The Balaban J connectivity index is 1.61. The average molecular weight is 505 g/mol. The van der Waals surface area contributed by atoms with E-state index in [2.05, 4.69) is 26.1 Å². The lowest BCUT2D eigenvalue weighted by Crippen LogP contribution is -2.44. The molecule has 184 valence electrons. The average Bonchev–Trinajstić information content (AvgIpc) is 2.84. The summed E-state index contributed by atoms with van der Waals surface area (Å²) in [7, 11) is -3.69. The van der Waals surface area contributed by atoms with E-state index >= 15 is 0 Å². The van der Waals surface area contributed by atoms with E-state index in [-0.39, 0.29) is 27.1 Å². The molecular formula is C26H33ClN2O4S. The van der Waals surface area contributed by atoms with Gasteiger partial charge in [-0.1, -0.05) is 50.6 Å². The molecule has 6 nitrogen and oxygen atoms in total. The van der Waals surface area contributed by atoms with Crippen LogP contribution < -0.4 is 10.1 Å². The normalized spacial score (nSPS) is 20.9. The van der Waals surface area contributed by atoms with Gasteiger partial charge in [0.2, 0.25) is 10.0 Å². The van der Waals surface area contributed by atoms with Crippen LogP contribution in [0.25, 0.3) is 0 Å². The van der Waals surface area contributed by atoms with Crippen molar-refractivity contribution in [3.63, 3.8) is 0 Å². The van der Waals surface area contributed by atoms with E-state index in [1.165, 1.54) is 22.5 Å². The fourth-order valence-corrected chi connectivity index (χ4v) is 6.58. The second-order valence-corrected chi connectivity index (χ2v) is 11.8. The number of hydrogen-bond acceptors (Lipinski definition) is 4. The van der Waals surface area contributed by atoms with Crippen LogP contribution in [-0.4, -0.2) is 37.3 Å². The molecule has 2 aromatic carbocycles. The molecule has 1 atom stereocenters. The summed E-state index contributed by atoms with van der Waals surface area (Å²) in [6.07, 6.45) is 3.92. The zero-order valence-corrected chi connectivity index (χ0v) is 21.6. The topological polar surface area (TPSA) is 75.7 Å². The highest BCUT2D eigenvalue weighted by Gasteiger charge is 2.39. The smallest absolute Gasteiger partial charge is 0.253 e. The molecule has 0 aromatic heterocycles. The number of benzene rings is 2. The van der Waals surface area contributed by atoms with E-state index in [0.717, 1.165) is 37.0 Å². The third kappa shape index (κ3) is 4.83. The number of para-hydroxylation sites is 1. The minimum absolute atomic E-state index is 0.0976. The molecule has 0 spiro atoms. The first-order valence-corrected chi connectivity index (χ1v) is 13.9. The van der Waals surface area contributed by atoms with Crippen molar-refractivity contribution in [2.45, 2.75) is 69.4 Å². The summed E-state index contributed by atoms with van der Waals surface area (Å²) in [4.78, 5) is 13.5.